The van der Waals surface area contributed by atoms with E-state index in [4.69, 9.17) is 4.74 Å². The van der Waals surface area contributed by atoms with E-state index in [1.807, 2.05) is 0 Å². The maximum atomic E-state index is 12.4. The van der Waals surface area contributed by atoms with E-state index in [2.05, 4.69) is 14.6 Å². The van der Waals surface area contributed by atoms with E-state index in [-0.39, 0.29) is 18.0 Å². The summed E-state index contributed by atoms with van der Waals surface area (Å²) in [5.41, 5.74) is 0.826. The van der Waals surface area contributed by atoms with E-state index >= 15 is 0 Å². The molecule has 12 heteroatoms. The summed E-state index contributed by atoms with van der Waals surface area (Å²) in [6.45, 7) is -0.223. The number of hydrogen-bond donors (Lipinski definition) is 1. The fourth-order valence-electron chi connectivity index (χ4n) is 2.71. The first-order valence-electron chi connectivity index (χ1n) is 9.15. The summed E-state index contributed by atoms with van der Waals surface area (Å²) in [5, 5.41) is 4.24. The molecule has 0 unspecified atom stereocenters. The Morgan fingerprint density at radius 1 is 0.969 bits per heavy atom. The second kappa shape index (κ2) is 9.40. The van der Waals surface area contributed by atoms with Crippen LogP contribution in [0, 0.1) is 0 Å². The fourth-order valence-corrected chi connectivity index (χ4v) is 3.74. The van der Waals surface area contributed by atoms with E-state index in [9.17, 15) is 26.4 Å². The van der Waals surface area contributed by atoms with E-state index in [0.717, 1.165) is 34.5 Å². The van der Waals surface area contributed by atoms with Crippen molar-refractivity contribution in [2.75, 3.05) is 13.7 Å². The molecule has 1 aromatic heterocycles. The standard InChI is InChI=1S/C20H18F3N3O5S/c1-30-15-4-2-14(3-5-15)18-10-11-19(27)26(25-18)13-12-24-32(28,29)17-8-6-16(7-9-17)31-20(21,22)23/h2-11,24H,12-13H2,1H3. The van der Waals surface area contributed by atoms with Gasteiger partial charge in [0.2, 0.25) is 10.0 Å². The van der Waals surface area contributed by atoms with Gasteiger partial charge in [-0.25, -0.2) is 17.8 Å². The summed E-state index contributed by atoms with van der Waals surface area (Å²) in [6.07, 6.45) is -4.88. The number of benzene rings is 2. The number of nitrogens with zero attached hydrogens (tertiary/aromatic N) is 2. The Balaban J connectivity index is 1.67. The van der Waals surface area contributed by atoms with Gasteiger partial charge in [-0.2, -0.15) is 5.10 Å². The zero-order chi connectivity index (χ0) is 23.4. The monoisotopic (exact) mass is 469 g/mol. The van der Waals surface area contributed by atoms with Gasteiger partial charge in [-0.3, -0.25) is 4.79 Å². The molecular formula is C20H18F3N3O5S. The van der Waals surface area contributed by atoms with Crippen molar-refractivity contribution in [2.24, 2.45) is 0 Å². The summed E-state index contributed by atoms with van der Waals surface area (Å²) in [7, 11) is -2.48. The number of alkyl halides is 3. The average Bonchev–Trinajstić information content (AvgIpc) is 2.74. The molecule has 0 aliphatic carbocycles. The second-order valence-electron chi connectivity index (χ2n) is 6.43. The summed E-state index contributed by atoms with van der Waals surface area (Å²) >= 11 is 0. The maximum Gasteiger partial charge on any atom is 0.573 e. The molecule has 0 spiro atoms. The molecule has 8 nitrogen and oxygen atoms in total. The number of rotatable bonds is 8. The van der Waals surface area contributed by atoms with Gasteiger partial charge in [0.15, 0.2) is 0 Å². The molecular weight excluding hydrogens is 451 g/mol. The van der Waals surface area contributed by atoms with E-state index < -0.39 is 27.7 Å². The molecule has 0 saturated carbocycles. The van der Waals surface area contributed by atoms with Gasteiger partial charge < -0.3 is 9.47 Å². The molecule has 0 saturated heterocycles. The van der Waals surface area contributed by atoms with Gasteiger partial charge in [-0.05, 0) is 54.6 Å². The van der Waals surface area contributed by atoms with Gasteiger partial charge >= 0.3 is 6.36 Å². The normalized spacial score (nSPS) is 11.9. The predicted molar refractivity (Wildman–Crippen MR) is 109 cm³/mol. The first kappa shape index (κ1) is 23.3. The summed E-state index contributed by atoms with van der Waals surface area (Å²) in [5.74, 6) is 0.122. The number of hydrogen-bond acceptors (Lipinski definition) is 6. The highest BCUT2D eigenvalue weighted by Crippen LogP contribution is 2.24. The van der Waals surface area contributed by atoms with Crippen LogP contribution in [0.1, 0.15) is 0 Å². The lowest BCUT2D eigenvalue weighted by molar-refractivity contribution is -0.274. The lowest BCUT2D eigenvalue weighted by Gasteiger charge is -2.11. The van der Waals surface area contributed by atoms with E-state index in [1.165, 1.54) is 6.07 Å². The van der Waals surface area contributed by atoms with Crippen LogP contribution >= 0.6 is 0 Å². The fraction of sp³-hybridized carbons (Fsp3) is 0.200. The molecule has 0 amide bonds. The van der Waals surface area contributed by atoms with Crippen molar-refractivity contribution in [1.82, 2.24) is 14.5 Å². The molecule has 0 aliphatic heterocycles. The third kappa shape index (κ3) is 6.08. The van der Waals surface area contributed by atoms with Gasteiger partial charge in [0, 0.05) is 18.2 Å². The largest absolute Gasteiger partial charge is 0.573 e. The predicted octanol–water partition coefficient (Wildman–Crippen LogP) is 2.80. The molecule has 3 rings (SSSR count). The molecule has 0 atom stereocenters. The number of aromatic nitrogens is 2. The summed E-state index contributed by atoms with van der Waals surface area (Å²) in [4.78, 5) is 11.8. The van der Waals surface area contributed by atoms with Crippen LogP contribution in [0.25, 0.3) is 11.3 Å². The highest BCUT2D eigenvalue weighted by atomic mass is 32.2. The molecule has 0 radical (unpaired) electrons. The van der Waals surface area contributed by atoms with Gasteiger partial charge in [-0.1, -0.05) is 0 Å². The second-order valence-corrected chi connectivity index (χ2v) is 8.19. The van der Waals surface area contributed by atoms with Crippen LogP contribution in [-0.2, 0) is 16.6 Å². The van der Waals surface area contributed by atoms with Crippen molar-refractivity contribution in [3.63, 3.8) is 0 Å². The summed E-state index contributed by atoms with van der Waals surface area (Å²) < 4.78 is 73.6. The first-order chi connectivity index (χ1) is 15.1. The van der Waals surface area contributed by atoms with Crippen molar-refractivity contribution in [3.8, 4) is 22.8 Å². The third-order valence-corrected chi connectivity index (χ3v) is 5.71. The van der Waals surface area contributed by atoms with Crippen LogP contribution < -0.4 is 19.8 Å². The molecule has 1 heterocycles. The van der Waals surface area contributed by atoms with Crippen molar-refractivity contribution >= 4 is 10.0 Å². The molecule has 0 fully saturated rings. The van der Waals surface area contributed by atoms with E-state index in [0.29, 0.717) is 11.4 Å². The summed E-state index contributed by atoms with van der Waals surface area (Å²) in [6, 6.07) is 13.7. The zero-order valence-corrected chi connectivity index (χ0v) is 17.5. The third-order valence-electron chi connectivity index (χ3n) is 4.24. The lowest BCUT2D eigenvalue weighted by Crippen LogP contribution is -2.32. The first-order valence-corrected chi connectivity index (χ1v) is 10.6. The Morgan fingerprint density at radius 3 is 2.19 bits per heavy atom. The Labute approximate surface area is 181 Å². The number of sulfonamides is 1. The molecule has 0 aliphatic rings. The van der Waals surface area contributed by atoms with Gasteiger partial charge in [0.25, 0.3) is 5.56 Å². The number of halogens is 3. The number of nitrogens with one attached hydrogen (secondary N) is 1. The Hall–Kier alpha value is -3.38. The smallest absolute Gasteiger partial charge is 0.497 e. The molecule has 170 valence electrons. The lowest BCUT2D eigenvalue weighted by atomic mass is 10.1. The Bertz CT molecular complexity index is 1230. The molecule has 1 N–H and O–H groups in total. The van der Waals surface area contributed by atoms with Gasteiger partial charge in [0.1, 0.15) is 11.5 Å². The minimum absolute atomic E-state index is 0.0582. The van der Waals surface area contributed by atoms with Crippen LogP contribution in [-0.4, -0.2) is 38.2 Å². The zero-order valence-electron chi connectivity index (χ0n) is 16.7. The van der Waals surface area contributed by atoms with Gasteiger partial charge in [-0.15, -0.1) is 13.2 Å². The molecule has 0 bridgehead atoms. The SMILES string of the molecule is COc1ccc(-c2ccc(=O)n(CCNS(=O)(=O)c3ccc(OC(F)(F)F)cc3)n2)cc1. The maximum absolute atomic E-state index is 12.4. The minimum atomic E-state index is -4.88. The van der Waals surface area contributed by atoms with Crippen LogP contribution in [0.4, 0.5) is 13.2 Å². The molecule has 3 aromatic rings. The van der Waals surface area contributed by atoms with Crippen LogP contribution in [0.5, 0.6) is 11.5 Å². The van der Waals surface area contributed by atoms with Crippen molar-refractivity contribution < 1.29 is 31.1 Å². The number of ether oxygens (including phenoxy) is 2. The molecule has 2 aromatic carbocycles. The Kier molecular flexibility index (Phi) is 6.84. The van der Waals surface area contributed by atoms with E-state index in [1.54, 1.807) is 37.4 Å². The van der Waals surface area contributed by atoms with Gasteiger partial charge in [0.05, 0.1) is 24.2 Å². The molecule has 32 heavy (non-hydrogen) atoms. The Morgan fingerprint density at radius 2 is 1.59 bits per heavy atom. The van der Waals surface area contributed by atoms with Crippen LogP contribution in [0.2, 0.25) is 0 Å². The highest BCUT2D eigenvalue weighted by Gasteiger charge is 2.31. The highest BCUT2D eigenvalue weighted by molar-refractivity contribution is 7.89. The van der Waals surface area contributed by atoms with Crippen LogP contribution in [0.3, 0.4) is 0 Å². The minimum Gasteiger partial charge on any atom is -0.497 e. The van der Waals surface area contributed by atoms with Crippen molar-refractivity contribution in [2.45, 2.75) is 17.8 Å². The van der Waals surface area contributed by atoms with Crippen LogP contribution in [0.15, 0.2) is 70.4 Å². The quantitative estimate of drug-likeness (QED) is 0.545. The van der Waals surface area contributed by atoms with Crippen molar-refractivity contribution in [3.05, 3.63) is 71.0 Å². The average molecular weight is 469 g/mol. The van der Waals surface area contributed by atoms with Crippen molar-refractivity contribution in [1.29, 1.82) is 0 Å². The topological polar surface area (TPSA) is 99.5 Å². The number of methoxy groups -OCH3 is 1.